The molecule has 0 N–H and O–H groups in total. The zero-order valence-electron chi connectivity index (χ0n) is 6.61. The smallest absolute Gasteiger partial charge is 0.150 e. The molecule has 6 heteroatoms. The van der Waals surface area contributed by atoms with E-state index in [1.165, 1.54) is 0 Å². The molecule has 0 spiro atoms. The van der Waals surface area contributed by atoms with Gasteiger partial charge in [-0.1, -0.05) is 11.6 Å². The van der Waals surface area contributed by atoms with Crippen molar-refractivity contribution >= 4 is 17.4 Å². The number of hydrogen-bond acceptors (Lipinski definition) is 3. The first kappa shape index (κ1) is 8.77. The number of hydrogen-bond donors (Lipinski definition) is 0. The van der Waals surface area contributed by atoms with Crippen LogP contribution in [0, 0.1) is 13.8 Å². The van der Waals surface area contributed by atoms with Crippen molar-refractivity contribution in [2.75, 3.05) is 0 Å². The second-order valence-corrected chi connectivity index (χ2v) is 2.56. The van der Waals surface area contributed by atoms with E-state index in [4.69, 9.17) is 17.1 Å². The van der Waals surface area contributed by atoms with Gasteiger partial charge in [0.15, 0.2) is 5.15 Å². The third kappa shape index (κ3) is 1.64. The number of halogens is 1. The summed E-state index contributed by atoms with van der Waals surface area (Å²) in [6.45, 7) is 3.38. The van der Waals surface area contributed by atoms with E-state index in [9.17, 15) is 0 Å². The van der Waals surface area contributed by atoms with Crippen LogP contribution in [0.25, 0.3) is 10.4 Å². The second kappa shape index (κ2) is 3.38. The molecule has 0 aromatic carbocycles. The van der Waals surface area contributed by atoms with Crippen molar-refractivity contribution in [2.24, 2.45) is 5.11 Å². The van der Waals surface area contributed by atoms with Gasteiger partial charge < -0.3 is 0 Å². The summed E-state index contributed by atoms with van der Waals surface area (Å²) in [4.78, 5) is 10.5. The molecule has 0 atom stereocenters. The fraction of sp³-hybridized carbons (Fsp3) is 0.333. The molecule has 12 heavy (non-hydrogen) atoms. The molecule has 0 unspecified atom stereocenters. The minimum atomic E-state index is 0.277. The summed E-state index contributed by atoms with van der Waals surface area (Å²) in [6, 6.07) is 0. The minimum Gasteiger partial charge on any atom is -0.246 e. The Hall–Kier alpha value is -1.32. The van der Waals surface area contributed by atoms with Crippen LogP contribution >= 0.6 is 11.6 Å². The van der Waals surface area contributed by atoms with Crippen LogP contribution in [0.4, 0.5) is 5.82 Å². The van der Waals surface area contributed by atoms with Crippen molar-refractivity contribution in [1.29, 1.82) is 0 Å². The van der Waals surface area contributed by atoms with Gasteiger partial charge in [0, 0.05) is 4.91 Å². The second-order valence-electron chi connectivity index (χ2n) is 2.20. The molecule has 0 saturated heterocycles. The Morgan fingerprint density at radius 3 is 2.58 bits per heavy atom. The summed E-state index contributed by atoms with van der Waals surface area (Å²) in [7, 11) is 0. The van der Waals surface area contributed by atoms with Gasteiger partial charge in [-0.2, -0.15) is 0 Å². The molecule has 0 bridgehead atoms. The number of aryl methyl sites for hydroxylation is 2. The summed E-state index contributed by atoms with van der Waals surface area (Å²) < 4.78 is 0. The molecule has 0 aliphatic heterocycles. The van der Waals surface area contributed by atoms with Crippen molar-refractivity contribution in [3.8, 4) is 0 Å². The van der Waals surface area contributed by atoms with E-state index >= 15 is 0 Å². The van der Waals surface area contributed by atoms with Crippen molar-refractivity contribution in [1.82, 2.24) is 9.97 Å². The predicted octanol–water partition coefficient (Wildman–Crippen LogP) is 2.69. The van der Waals surface area contributed by atoms with E-state index in [2.05, 4.69) is 20.0 Å². The van der Waals surface area contributed by atoms with Crippen LogP contribution in [-0.4, -0.2) is 9.97 Å². The van der Waals surface area contributed by atoms with E-state index in [1.807, 2.05) is 0 Å². The molecular weight excluding hydrogens is 178 g/mol. The Labute approximate surface area is 74.0 Å². The van der Waals surface area contributed by atoms with Crippen LogP contribution in [0.15, 0.2) is 5.11 Å². The summed E-state index contributed by atoms with van der Waals surface area (Å²) in [5, 5.41) is 3.69. The number of nitrogens with zero attached hydrogens (tertiary/aromatic N) is 5. The first-order valence-electron chi connectivity index (χ1n) is 3.21. The lowest BCUT2D eigenvalue weighted by Gasteiger charge is -2.00. The van der Waals surface area contributed by atoms with Crippen molar-refractivity contribution in [2.45, 2.75) is 13.8 Å². The lowest BCUT2D eigenvalue weighted by atomic mass is 10.4. The normalized spacial score (nSPS) is 9.25. The van der Waals surface area contributed by atoms with Crippen molar-refractivity contribution in [3.05, 3.63) is 27.0 Å². The maximum Gasteiger partial charge on any atom is 0.150 e. The number of rotatable bonds is 1. The van der Waals surface area contributed by atoms with Crippen LogP contribution in [0.1, 0.15) is 11.4 Å². The third-order valence-corrected chi connectivity index (χ3v) is 1.66. The molecule has 62 valence electrons. The van der Waals surface area contributed by atoms with Gasteiger partial charge in [-0.25, -0.2) is 9.97 Å². The van der Waals surface area contributed by atoms with Gasteiger partial charge >= 0.3 is 0 Å². The van der Waals surface area contributed by atoms with Gasteiger partial charge in [-0.3, -0.25) is 0 Å². The van der Waals surface area contributed by atoms with Crippen LogP contribution < -0.4 is 0 Å². The third-order valence-electron chi connectivity index (χ3n) is 1.30. The molecule has 0 radical (unpaired) electrons. The Balaban J connectivity index is 3.32. The number of azide groups is 1. The number of aromatic nitrogens is 2. The Kier molecular flexibility index (Phi) is 2.47. The molecule has 0 aliphatic rings. The van der Waals surface area contributed by atoms with Crippen LogP contribution in [0.3, 0.4) is 0 Å². The Bertz CT molecular complexity index is 355. The van der Waals surface area contributed by atoms with E-state index in [0.29, 0.717) is 16.5 Å². The van der Waals surface area contributed by atoms with Gasteiger partial charge in [0.1, 0.15) is 5.82 Å². The quantitative estimate of drug-likeness (QED) is 0.381. The Morgan fingerprint density at radius 1 is 1.33 bits per heavy atom. The fourth-order valence-electron chi connectivity index (χ4n) is 0.701. The van der Waals surface area contributed by atoms with E-state index in [1.54, 1.807) is 13.8 Å². The van der Waals surface area contributed by atoms with Gasteiger partial charge in [0.05, 0.1) is 11.4 Å². The molecule has 0 aliphatic carbocycles. The van der Waals surface area contributed by atoms with Gasteiger partial charge in [-0.05, 0) is 24.5 Å². The minimum absolute atomic E-state index is 0.277. The maximum atomic E-state index is 8.16. The highest BCUT2D eigenvalue weighted by Gasteiger charge is 2.03. The SMILES string of the molecule is Cc1nc(N=[N+]=[N-])c(C)nc1Cl. The fourth-order valence-corrected chi connectivity index (χ4v) is 0.870. The van der Waals surface area contributed by atoms with Gasteiger partial charge in [0.2, 0.25) is 0 Å². The van der Waals surface area contributed by atoms with Crippen LogP contribution in [-0.2, 0) is 0 Å². The lowest BCUT2D eigenvalue weighted by Crippen LogP contribution is -1.90. The average Bonchev–Trinajstić information content (AvgIpc) is 2.01. The monoisotopic (exact) mass is 183 g/mol. The highest BCUT2D eigenvalue weighted by atomic mass is 35.5. The summed E-state index contributed by atoms with van der Waals surface area (Å²) in [5.74, 6) is 0.277. The molecule has 1 aromatic heterocycles. The molecule has 1 rings (SSSR count). The Morgan fingerprint density at radius 2 is 2.00 bits per heavy atom. The molecule has 1 aromatic rings. The molecular formula is C6H6ClN5. The lowest BCUT2D eigenvalue weighted by molar-refractivity contribution is 1.05. The van der Waals surface area contributed by atoms with Crippen LogP contribution in [0.2, 0.25) is 5.15 Å². The van der Waals surface area contributed by atoms with Gasteiger partial charge in [0.25, 0.3) is 0 Å². The van der Waals surface area contributed by atoms with Crippen LogP contribution in [0.5, 0.6) is 0 Å². The molecule has 0 fully saturated rings. The molecule has 0 saturated carbocycles. The van der Waals surface area contributed by atoms with Crippen molar-refractivity contribution < 1.29 is 0 Å². The van der Waals surface area contributed by atoms with E-state index in [0.717, 1.165) is 0 Å². The van der Waals surface area contributed by atoms with E-state index in [-0.39, 0.29) is 5.82 Å². The highest BCUT2D eigenvalue weighted by Crippen LogP contribution is 2.18. The predicted molar refractivity (Wildman–Crippen MR) is 45.3 cm³/mol. The van der Waals surface area contributed by atoms with E-state index < -0.39 is 0 Å². The van der Waals surface area contributed by atoms with Gasteiger partial charge in [-0.15, -0.1) is 0 Å². The average molecular weight is 184 g/mol. The zero-order valence-corrected chi connectivity index (χ0v) is 7.37. The highest BCUT2D eigenvalue weighted by molar-refractivity contribution is 6.30. The van der Waals surface area contributed by atoms with Crippen molar-refractivity contribution in [3.63, 3.8) is 0 Å². The maximum absolute atomic E-state index is 8.16. The first-order valence-corrected chi connectivity index (χ1v) is 3.58. The first-order chi connectivity index (χ1) is 5.65. The molecule has 1 heterocycles. The summed E-state index contributed by atoms with van der Waals surface area (Å²) >= 11 is 5.68. The molecule has 0 amide bonds. The summed E-state index contributed by atoms with van der Waals surface area (Å²) in [6.07, 6.45) is 0. The standard InChI is InChI=1S/C6H6ClN5/c1-3-5(7)9-4(2)6(10-3)11-12-8/h1-2H3. The molecule has 5 nitrogen and oxygen atoms in total. The zero-order chi connectivity index (χ0) is 9.14. The topological polar surface area (TPSA) is 74.5 Å². The largest absolute Gasteiger partial charge is 0.246 e. The summed E-state index contributed by atoms with van der Waals surface area (Å²) in [5.41, 5.74) is 9.25.